The molecule has 3 heterocycles. The van der Waals surface area contributed by atoms with Crippen LogP contribution in [-0.2, 0) is 7.05 Å². The summed E-state index contributed by atoms with van der Waals surface area (Å²) in [4.78, 5) is 32.8. The fraction of sp³-hybridized carbons (Fsp3) is 0.483. The summed E-state index contributed by atoms with van der Waals surface area (Å²) >= 11 is 0. The maximum atomic E-state index is 13.3. The zero-order valence-corrected chi connectivity index (χ0v) is 24.2. The number of carbonyl (C=O) groups excluding carboxylic acids is 2. The van der Waals surface area contributed by atoms with Gasteiger partial charge in [-0.15, -0.1) is 0 Å². The van der Waals surface area contributed by atoms with Gasteiger partial charge in [0.05, 0.1) is 18.1 Å². The molecule has 0 bridgehead atoms. The molecule has 1 saturated heterocycles. The zero-order chi connectivity index (χ0) is 29.7. The molecule has 40 heavy (non-hydrogen) atoms. The largest absolute Gasteiger partial charge is 0.366 e. The number of aromatic nitrogens is 4. The summed E-state index contributed by atoms with van der Waals surface area (Å²) < 4.78 is 14.9. The lowest BCUT2D eigenvalue weighted by Gasteiger charge is -2.29. The van der Waals surface area contributed by atoms with Crippen LogP contribution in [0.4, 0.5) is 21.7 Å². The number of benzene rings is 1. The Hall–Kier alpha value is -4.02. The van der Waals surface area contributed by atoms with Gasteiger partial charge in [-0.2, -0.15) is 5.10 Å². The average molecular weight is 555 g/mol. The van der Waals surface area contributed by atoms with Crippen molar-refractivity contribution >= 4 is 29.1 Å². The molecule has 2 aliphatic rings. The van der Waals surface area contributed by atoms with Crippen molar-refractivity contribution in [3.63, 3.8) is 0 Å². The van der Waals surface area contributed by atoms with Crippen molar-refractivity contribution in [1.82, 2.24) is 19.7 Å². The Morgan fingerprint density at radius 1 is 1.00 bits per heavy atom. The van der Waals surface area contributed by atoms with E-state index in [2.05, 4.69) is 34.2 Å². The first-order chi connectivity index (χ1) is 19.2. The van der Waals surface area contributed by atoms with E-state index in [9.17, 15) is 14.0 Å². The van der Waals surface area contributed by atoms with Crippen molar-refractivity contribution in [3.05, 3.63) is 59.7 Å². The van der Waals surface area contributed by atoms with Crippen LogP contribution in [0.3, 0.4) is 0 Å². The van der Waals surface area contributed by atoms with Crippen molar-refractivity contribution in [2.24, 2.45) is 18.5 Å². The topological polar surface area (TPSA) is 145 Å². The Labute approximate surface area is 236 Å². The van der Waals surface area contributed by atoms with Crippen LogP contribution in [0.15, 0.2) is 42.9 Å². The van der Waals surface area contributed by atoms with E-state index in [4.69, 9.17) is 11.5 Å². The van der Waals surface area contributed by atoms with E-state index in [0.29, 0.717) is 43.0 Å². The van der Waals surface area contributed by atoms with E-state index in [1.165, 1.54) is 31.0 Å². The first-order valence-corrected chi connectivity index (χ1v) is 13.9. The minimum absolute atomic E-state index is 0.0537. The molecule has 0 atom stereocenters. The van der Waals surface area contributed by atoms with Crippen molar-refractivity contribution in [3.8, 4) is 0 Å². The second kappa shape index (κ2) is 16.2. The van der Waals surface area contributed by atoms with Crippen LogP contribution in [0.2, 0.25) is 0 Å². The molecule has 11 heteroatoms. The molecule has 3 aromatic rings. The number of amides is 2. The highest BCUT2D eigenvalue weighted by Gasteiger charge is 2.23. The third kappa shape index (κ3) is 9.94. The minimum atomic E-state index is -0.767. The number of nitrogens with one attached hydrogen (secondary N) is 1. The number of hydrogen-bond acceptors (Lipinski definition) is 7. The normalized spacial score (nSPS) is 14.4. The van der Waals surface area contributed by atoms with Crippen LogP contribution < -0.4 is 21.7 Å². The van der Waals surface area contributed by atoms with Gasteiger partial charge >= 0.3 is 0 Å². The molecule has 0 unspecified atom stereocenters. The highest BCUT2D eigenvalue weighted by atomic mass is 19.1. The average Bonchev–Trinajstić information content (AvgIpc) is 3.72. The molecule has 1 aromatic carbocycles. The summed E-state index contributed by atoms with van der Waals surface area (Å²) in [6, 6.07) is 7.60. The number of rotatable bonds is 6. The molecule has 0 radical (unpaired) electrons. The smallest absolute Gasteiger partial charge is 0.271 e. The number of alkyl halides is 1. The lowest BCUT2D eigenvalue weighted by Crippen LogP contribution is -2.35. The highest BCUT2D eigenvalue weighted by Crippen LogP contribution is 2.39. The molecule has 218 valence electrons. The van der Waals surface area contributed by atoms with Crippen LogP contribution in [0.25, 0.3) is 0 Å². The van der Waals surface area contributed by atoms with Gasteiger partial charge in [0, 0.05) is 31.9 Å². The van der Waals surface area contributed by atoms with Gasteiger partial charge in [0.25, 0.3) is 5.91 Å². The first kappa shape index (κ1) is 32.2. The predicted octanol–water partition coefficient (Wildman–Crippen LogP) is 5.10. The fourth-order valence-electron chi connectivity index (χ4n) is 3.84. The number of nitrogens with zero attached hydrogens (tertiary/aromatic N) is 5. The summed E-state index contributed by atoms with van der Waals surface area (Å²) in [7, 11) is 1.78. The second-order valence-electron chi connectivity index (χ2n) is 9.45. The fourth-order valence-corrected chi connectivity index (χ4v) is 3.84. The molecule has 5 rings (SSSR count). The molecule has 1 saturated carbocycles. The molecule has 0 spiro atoms. The van der Waals surface area contributed by atoms with Gasteiger partial charge in [-0.25, -0.2) is 14.4 Å². The SMILES string of the molecule is CC.CCC.Cn1cc(Nc2nc(N3CCC(F)CC3)cnc2C(N)=O)cn1.NC(=O)c1ccc(C2CC2)cc1. The second-order valence-corrected chi connectivity index (χ2v) is 9.45. The van der Waals surface area contributed by atoms with Gasteiger partial charge in [-0.05, 0) is 49.3 Å². The van der Waals surface area contributed by atoms with E-state index < -0.39 is 12.1 Å². The van der Waals surface area contributed by atoms with Gasteiger partial charge in [-0.3, -0.25) is 14.3 Å². The quantitative estimate of drug-likeness (QED) is 0.384. The Morgan fingerprint density at radius 3 is 2.08 bits per heavy atom. The van der Waals surface area contributed by atoms with Crippen LogP contribution >= 0.6 is 0 Å². The van der Waals surface area contributed by atoms with E-state index in [1.807, 2.05) is 30.9 Å². The third-order valence-corrected chi connectivity index (χ3v) is 5.95. The zero-order valence-electron chi connectivity index (χ0n) is 24.2. The van der Waals surface area contributed by atoms with E-state index in [1.54, 1.807) is 36.3 Å². The molecule has 5 N–H and O–H groups in total. The first-order valence-electron chi connectivity index (χ1n) is 13.9. The molecule has 2 amide bonds. The van der Waals surface area contributed by atoms with Crippen molar-refractivity contribution in [2.45, 2.75) is 71.9 Å². The summed E-state index contributed by atoms with van der Waals surface area (Å²) in [6.45, 7) is 9.39. The highest BCUT2D eigenvalue weighted by molar-refractivity contribution is 5.96. The molecular weight excluding hydrogens is 511 g/mol. The van der Waals surface area contributed by atoms with Crippen LogP contribution in [0, 0.1) is 0 Å². The van der Waals surface area contributed by atoms with Gasteiger partial charge in [-0.1, -0.05) is 46.2 Å². The van der Waals surface area contributed by atoms with Gasteiger partial charge in [0.2, 0.25) is 5.91 Å². The number of hydrogen-bond donors (Lipinski definition) is 3. The molecule has 1 aliphatic carbocycles. The number of primary amides is 2. The number of carbonyl (C=O) groups is 2. The molecular formula is C29H43FN8O2. The molecule has 2 fully saturated rings. The van der Waals surface area contributed by atoms with Crippen molar-refractivity contribution in [1.29, 1.82) is 0 Å². The van der Waals surface area contributed by atoms with E-state index in [-0.39, 0.29) is 17.4 Å². The number of anilines is 3. The molecule has 1 aliphatic heterocycles. The summed E-state index contributed by atoms with van der Waals surface area (Å²) in [6.07, 6.45) is 8.83. The third-order valence-electron chi connectivity index (χ3n) is 5.95. The molecule has 10 nitrogen and oxygen atoms in total. The standard InChI is InChI=1S/C14H18FN7O.C10H11NO.C3H8.C2H6/c1-21-8-10(6-18-21)19-14-12(13(16)23)17-7-11(20-14)22-4-2-9(15)3-5-22;11-10(12)9-5-3-8(4-6-9)7-1-2-7;1-3-2;1-2/h6-9H,2-5H2,1H3,(H2,16,23)(H,19,20);3-7H,1-2H2,(H2,11,12);3H2,1-2H3;1-2H3. The summed E-state index contributed by atoms with van der Waals surface area (Å²) in [5.41, 5.74) is 13.1. The van der Waals surface area contributed by atoms with Gasteiger partial charge in [0.1, 0.15) is 12.0 Å². The van der Waals surface area contributed by atoms with E-state index in [0.717, 1.165) is 5.92 Å². The Balaban J connectivity index is 0.000000275. The lowest BCUT2D eigenvalue weighted by molar-refractivity contribution is 0.0989. The van der Waals surface area contributed by atoms with Crippen molar-refractivity contribution < 1.29 is 14.0 Å². The predicted molar refractivity (Wildman–Crippen MR) is 158 cm³/mol. The number of nitrogens with two attached hydrogens (primary N) is 2. The van der Waals surface area contributed by atoms with Crippen LogP contribution in [0.1, 0.15) is 92.1 Å². The lowest BCUT2D eigenvalue weighted by atomic mass is 10.1. The molecule has 2 aromatic heterocycles. The van der Waals surface area contributed by atoms with E-state index >= 15 is 0 Å². The Kier molecular flexibility index (Phi) is 13.0. The maximum Gasteiger partial charge on any atom is 0.271 e. The Bertz CT molecular complexity index is 1200. The van der Waals surface area contributed by atoms with Gasteiger partial charge in [0.15, 0.2) is 11.5 Å². The monoisotopic (exact) mass is 554 g/mol. The van der Waals surface area contributed by atoms with Crippen LogP contribution in [0.5, 0.6) is 0 Å². The Morgan fingerprint density at radius 2 is 1.60 bits per heavy atom. The number of halogens is 1. The maximum absolute atomic E-state index is 13.3. The van der Waals surface area contributed by atoms with Crippen LogP contribution in [-0.4, -0.2) is 50.8 Å². The van der Waals surface area contributed by atoms with Gasteiger partial charge < -0.3 is 21.7 Å². The minimum Gasteiger partial charge on any atom is -0.366 e. The summed E-state index contributed by atoms with van der Waals surface area (Å²) in [5.74, 6) is 0.584. The number of piperidine rings is 1. The number of aryl methyl sites for hydroxylation is 1. The summed E-state index contributed by atoms with van der Waals surface area (Å²) in [5, 5.41) is 7.05. The van der Waals surface area contributed by atoms with Crippen molar-refractivity contribution in [2.75, 3.05) is 23.3 Å².